The van der Waals surface area contributed by atoms with Gasteiger partial charge in [-0.25, -0.2) is 0 Å². The summed E-state index contributed by atoms with van der Waals surface area (Å²) in [5.74, 6) is 1.00. The van der Waals surface area contributed by atoms with Crippen molar-refractivity contribution in [1.82, 2.24) is 4.90 Å². The monoisotopic (exact) mass is 267 g/mol. The highest BCUT2D eigenvalue weighted by Gasteiger charge is 2.45. The van der Waals surface area contributed by atoms with Crippen molar-refractivity contribution >= 4 is 0 Å². The van der Waals surface area contributed by atoms with Crippen LogP contribution in [-0.4, -0.2) is 36.7 Å². The second-order valence-electron chi connectivity index (χ2n) is 7.47. The molecule has 2 rings (SSSR count). The van der Waals surface area contributed by atoms with Crippen LogP contribution in [0.3, 0.4) is 0 Å². The van der Waals surface area contributed by atoms with Crippen LogP contribution in [0.2, 0.25) is 0 Å². The SMILES string of the molecule is CC(C)OCCCC1CC2(CCN(C(C)C)CC2)C1. The molecule has 112 valence electrons. The normalized spacial score (nSPS) is 24.3. The Balaban J connectivity index is 1.58. The summed E-state index contributed by atoms with van der Waals surface area (Å²) in [4.78, 5) is 2.65. The molecule has 0 radical (unpaired) electrons. The first-order valence-corrected chi connectivity index (χ1v) is 8.36. The number of hydrogen-bond donors (Lipinski definition) is 0. The predicted octanol–water partition coefficient (Wildman–Crippen LogP) is 4.09. The van der Waals surface area contributed by atoms with E-state index in [0.29, 0.717) is 6.10 Å². The summed E-state index contributed by atoms with van der Waals surface area (Å²) in [6, 6.07) is 0.737. The van der Waals surface area contributed by atoms with Crippen molar-refractivity contribution in [1.29, 1.82) is 0 Å². The zero-order valence-electron chi connectivity index (χ0n) is 13.5. The summed E-state index contributed by atoms with van der Waals surface area (Å²) in [5.41, 5.74) is 0.745. The molecule has 1 saturated carbocycles. The summed E-state index contributed by atoms with van der Waals surface area (Å²) in [7, 11) is 0. The summed E-state index contributed by atoms with van der Waals surface area (Å²) < 4.78 is 5.63. The van der Waals surface area contributed by atoms with Crippen LogP contribution in [0.5, 0.6) is 0 Å². The van der Waals surface area contributed by atoms with Gasteiger partial charge in [-0.05, 0) is 90.6 Å². The van der Waals surface area contributed by atoms with E-state index in [1.54, 1.807) is 0 Å². The number of likely N-dealkylation sites (tertiary alicyclic amines) is 1. The molecule has 2 fully saturated rings. The highest BCUT2D eigenvalue weighted by molar-refractivity contribution is 4.97. The Labute approximate surface area is 119 Å². The highest BCUT2D eigenvalue weighted by atomic mass is 16.5. The molecule has 1 aliphatic heterocycles. The van der Waals surface area contributed by atoms with Gasteiger partial charge in [0.1, 0.15) is 0 Å². The number of piperidine rings is 1. The molecule has 0 N–H and O–H groups in total. The van der Waals surface area contributed by atoms with Gasteiger partial charge < -0.3 is 9.64 Å². The van der Waals surface area contributed by atoms with E-state index >= 15 is 0 Å². The Morgan fingerprint density at radius 1 is 1.11 bits per heavy atom. The Morgan fingerprint density at radius 3 is 2.26 bits per heavy atom. The summed E-state index contributed by atoms with van der Waals surface area (Å²) >= 11 is 0. The van der Waals surface area contributed by atoms with Crippen molar-refractivity contribution in [2.45, 2.75) is 78.4 Å². The van der Waals surface area contributed by atoms with Gasteiger partial charge in [-0.15, -0.1) is 0 Å². The molecule has 1 aliphatic carbocycles. The van der Waals surface area contributed by atoms with E-state index in [9.17, 15) is 0 Å². The molecule has 0 aromatic carbocycles. The van der Waals surface area contributed by atoms with Crippen LogP contribution in [0.15, 0.2) is 0 Å². The van der Waals surface area contributed by atoms with Crippen molar-refractivity contribution in [2.24, 2.45) is 11.3 Å². The molecule has 1 heterocycles. The molecule has 0 amide bonds. The van der Waals surface area contributed by atoms with E-state index in [-0.39, 0.29) is 0 Å². The van der Waals surface area contributed by atoms with Gasteiger partial charge in [-0.1, -0.05) is 0 Å². The second-order valence-corrected chi connectivity index (χ2v) is 7.47. The maximum atomic E-state index is 5.63. The lowest BCUT2D eigenvalue weighted by Gasteiger charge is -2.53. The van der Waals surface area contributed by atoms with Crippen molar-refractivity contribution in [3.05, 3.63) is 0 Å². The molecular weight excluding hydrogens is 234 g/mol. The fourth-order valence-corrected chi connectivity index (χ4v) is 3.98. The second kappa shape index (κ2) is 6.58. The van der Waals surface area contributed by atoms with E-state index in [1.807, 2.05) is 0 Å². The van der Waals surface area contributed by atoms with Crippen molar-refractivity contribution in [3.8, 4) is 0 Å². The van der Waals surface area contributed by atoms with Gasteiger partial charge in [-0.2, -0.15) is 0 Å². The first-order chi connectivity index (χ1) is 9.01. The minimum atomic E-state index is 0.396. The zero-order valence-corrected chi connectivity index (χ0v) is 13.5. The van der Waals surface area contributed by atoms with E-state index in [1.165, 1.54) is 51.6 Å². The van der Waals surface area contributed by atoms with E-state index in [4.69, 9.17) is 4.74 Å². The van der Waals surface area contributed by atoms with Crippen LogP contribution < -0.4 is 0 Å². The molecule has 1 spiro atoms. The van der Waals surface area contributed by atoms with Crippen molar-refractivity contribution < 1.29 is 4.74 Å². The predicted molar refractivity (Wildman–Crippen MR) is 81.4 cm³/mol. The Bertz CT molecular complexity index is 258. The lowest BCUT2D eigenvalue weighted by Crippen LogP contribution is -2.48. The molecule has 19 heavy (non-hydrogen) atoms. The smallest absolute Gasteiger partial charge is 0.0518 e. The van der Waals surface area contributed by atoms with Crippen LogP contribution in [0.1, 0.15) is 66.2 Å². The maximum absolute atomic E-state index is 5.63. The van der Waals surface area contributed by atoms with Crippen LogP contribution in [-0.2, 0) is 4.74 Å². The zero-order chi connectivity index (χ0) is 13.9. The molecule has 2 aliphatic rings. The summed E-state index contributed by atoms with van der Waals surface area (Å²) in [6.45, 7) is 12.5. The molecule has 0 atom stereocenters. The van der Waals surface area contributed by atoms with Crippen molar-refractivity contribution in [2.75, 3.05) is 19.7 Å². The Hall–Kier alpha value is -0.0800. The quantitative estimate of drug-likeness (QED) is 0.672. The number of hydrogen-bond acceptors (Lipinski definition) is 2. The van der Waals surface area contributed by atoms with Crippen LogP contribution in [0, 0.1) is 11.3 Å². The minimum Gasteiger partial charge on any atom is -0.379 e. The highest BCUT2D eigenvalue weighted by Crippen LogP contribution is 2.54. The average Bonchev–Trinajstić information content (AvgIpc) is 2.32. The third kappa shape index (κ3) is 4.19. The van der Waals surface area contributed by atoms with E-state index in [2.05, 4.69) is 32.6 Å². The lowest BCUT2D eigenvalue weighted by atomic mass is 9.56. The van der Waals surface area contributed by atoms with Crippen LogP contribution in [0.25, 0.3) is 0 Å². The fourth-order valence-electron chi connectivity index (χ4n) is 3.98. The summed E-state index contributed by atoms with van der Waals surface area (Å²) in [6.07, 6.45) is 8.95. The first kappa shape index (κ1) is 15.3. The molecule has 2 heteroatoms. The molecule has 0 unspecified atom stereocenters. The third-order valence-corrected chi connectivity index (χ3v) is 5.24. The Kier molecular flexibility index (Phi) is 5.30. The van der Waals surface area contributed by atoms with Gasteiger partial charge in [0, 0.05) is 12.6 Å². The minimum absolute atomic E-state index is 0.396. The van der Waals surface area contributed by atoms with Gasteiger partial charge in [0.2, 0.25) is 0 Å². The largest absolute Gasteiger partial charge is 0.379 e. The van der Waals surface area contributed by atoms with E-state index < -0.39 is 0 Å². The third-order valence-electron chi connectivity index (χ3n) is 5.24. The molecule has 0 aromatic rings. The van der Waals surface area contributed by atoms with Crippen LogP contribution >= 0.6 is 0 Å². The average molecular weight is 267 g/mol. The topological polar surface area (TPSA) is 12.5 Å². The van der Waals surface area contributed by atoms with Gasteiger partial charge >= 0.3 is 0 Å². The lowest BCUT2D eigenvalue weighted by molar-refractivity contribution is -0.0273. The number of nitrogens with zero attached hydrogens (tertiary/aromatic N) is 1. The standard InChI is InChI=1S/C17H33NO/c1-14(2)18-9-7-17(8-10-18)12-16(13-17)6-5-11-19-15(3)4/h14-16H,5-13H2,1-4H3. The van der Waals surface area contributed by atoms with Gasteiger partial charge in [0.25, 0.3) is 0 Å². The van der Waals surface area contributed by atoms with Gasteiger partial charge in [-0.3, -0.25) is 0 Å². The molecule has 0 aromatic heterocycles. The molecular formula is C17H33NO. The number of rotatable bonds is 6. The summed E-state index contributed by atoms with van der Waals surface area (Å²) in [5, 5.41) is 0. The van der Waals surface area contributed by atoms with Gasteiger partial charge in [0.05, 0.1) is 6.10 Å². The van der Waals surface area contributed by atoms with Crippen LogP contribution in [0.4, 0.5) is 0 Å². The molecule has 1 saturated heterocycles. The fraction of sp³-hybridized carbons (Fsp3) is 1.00. The number of ether oxygens (including phenoxy) is 1. The van der Waals surface area contributed by atoms with Gasteiger partial charge in [0.15, 0.2) is 0 Å². The first-order valence-electron chi connectivity index (χ1n) is 8.36. The maximum Gasteiger partial charge on any atom is 0.0518 e. The Morgan fingerprint density at radius 2 is 1.74 bits per heavy atom. The molecule has 0 bridgehead atoms. The van der Waals surface area contributed by atoms with E-state index in [0.717, 1.165) is 24.0 Å². The van der Waals surface area contributed by atoms with Crippen molar-refractivity contribution in [3.63, 3.8) is 0 Å². The molecule has 2 nitrogen and oxygen atoms in total.